The standard InChI is InChI=1S/C17H19N3O3/c1-20(2)17(22)13-6-8-15(9-7-13)19-23-16(21)11-12-4-3-5-14(18)10-12/h3-10,19H,11,18H2,1-2H3. The Balaban J connectivity index is 1.88. The van der Waals surface area contributed by atoms with Crippen LogP contribution >= 0.6 is 0 Å². The summed E-state index contributed by atoms with van der Waals surface area (Å²) in [5.74, 6) is -0.515. The van der Waals surface area contributed by atoms with Gasteiger partial charge in [0, 0.05) is 25.3 Å². The summed E-state index contributed by atoms with van der Waals surface area (Å²) in [6.07, 6.45) is 0.120. The SMILES string of the molecule is CN(C)C(=O)c1ccc(NOC(=O)Cc2cccc(N)c2)cc1. The van der Waals surface area contributed by atoms with E-state index >= 15 is 0 Å². The zero-order valence-corrected chi connectivity index (χ0v) is 13.1. The minimum absolute atomic E-state index is 0.0878. The van der Waals surface area contributed by atoms with Gasteiger partial charge in [-0.1, -0.05) is 12.1 Å². The molecule has 6 nitrogen and oxygen atoms in total. The highest BCUT2D eigenvalue weighted by molar-refractivity contribution is 5.94. The lowest BCUT2D eigenvalue weighted by molar-refractivity contribution is -0.139. The fourth-order valence-electron chi connectivity index (χ4n) is 1.96. The van der Waals surface area contributed by atoms with Crippen LogP contribution in [0.15, 0.2) is 48.5 Å². The summed E-state index contributed by atoms with van der Waals surface area (Å²) in [6.45, 7) is 0. The van der Waals surface area contributed by atoms with Crippen LogP contribution in [-0.4, -0.2) is 30.9 Å². The van der Waals surface area contributed by atoms with Gasteiger partial charge in [0.25, 0.3) is 5.91 Å². The topological polar surface area (TPSA) is 84.7 Å². The molecule has 0 spiro atoms. The van der Waals surface area contributed by atoms with Crippen molar-refractivity contribution in [3.8, 4) is 0 Å². The molecule has 2 aromatic carbocycles. The van der Waals surface area contributed by atoms with E-state index in [0.717, 1.165) is 5.56 Å². The lowest BCUT2D eigenvalue weighted by Crippen LogP contribution is -2.21. The fraction of sp³-hybridized carbons (Fsp3) is 0.176. The molecule has 0 aliphatic rings. The molecule has 2 aromatic rings. The molecule has 0 heterocycles. The van der Waals surface area contributed by atoms with Crippen LogP contribution in [0.5, 0.6) is 0 Å². The number of carbonyl (C=O) groups is 2. The third-order valence-electron chi connectivity index (χ3n) is 3.12. The molecule has 120 valence electrons. The van der Waals surface area contributed by atoms with E-state index in [-0.39, 0.29) is 12.3 Å². The summed E-state index contributed by atoms with van der Waals surface area (Å²) >= 11 is 0. The molecule has 0 radical (unpaired) electrons. The van der Waals surface area contributed by atoms with Gasteiger partial charge in [-0.25, -0.2) is 10.3 Å². The Hall–Kier alpha value is -3.02. The fourth-order valence-corrected chi connectivity index (χ4v) is 1.96. The number of nitrogens with one attached hydrogen (secondary N) is 1. The summed E-state index contributed by atoms with van der Waals surface area (Å²) in [7, 11) is 3.37. The van der Waals surface area contributed by atoms with Gasteiger partial charge in [0.15, 0.2) is 0 Å². The van der Waals surface area contributed by atoms with Crippen molar-refractivity contribution in [1.29, 1.82) is 0 Å². The van der Waals surface area contributed by atoms with Crippen molar-refractivity contribution >= 4 is 23.3 Å². The highest BCUT2D eigenvalue weighted by Gasteiger charge is 2.08. The highest BCUT2D eigenvalue weighted by atomic mass is 16.7. The predicted octanol–water partition coefficient (Wildman–Crippen LogP) is 2.08. The third kappa shape index (κ3) is 4.74. The molecule has 0 saturated carbocycles. The molecule has 6 heteroatoms. The van der Waals surface area contributed by atoms with Crippen molar-refractivity contribution in [3.05, 3.63) is 59.7 Å². The first kappa shape index (κ1) is 16.4. The Morgan fingerprint density at radius 2 is 1.83 bits per heavy atom. The number of nitrogen functional groups attached to an aromatic ring is 1. The van der Waals surface area contributed by atoms with Crippen LogP contribution < -0.4 is 11.2 Å². The number of carbonyl (C=O) groups excluding carboxylic acids is 2. The van der Waals surface area contributed by atoms with E-state index in [0.29, 0.717) is 16.9 Å². The van der Waals surface area contributed by atoms with Crippen molar-refractivity contribution in [1.82, 2.24) is 4.90 Å². The maximum absolute atomic E-state index is 11.8. The van der Waals surface area contributed by atoms with Gasteiger partial charge in [0.05, 0.1) is 12.1 Å². The van der Waals surface area contributed by atoms with E-state index in [1.165, 1.54) is 4.90 Å². The molecular weight excluding hydrogens is 294 g/mol. The molecule has 0 aliphatic heterocycles. The molecule has 0 fully saturated rings. The third-order valence-corrected chi connectivity index (χ3v) is 3.12. The van der Waals surface area contributed by atoms with Crippen molar-refractivity contribution in [3.63, 3.8) is 0 Å². The van der Waals surface area contributed by atoms with Gasteiger partial charge < -0.3 is 15.5 Å². The minimum Gasteiger partial charge on any atom is -0.399 e. The van der Waals surface area contributed by atoms with Crippen molar-refractivity contribution in [2.75, 3.05) is 25.3 Å². The second kappa shape index (κ2) is 7.31. The van der Waals surface area contributed by atoms with E-state index in [2.05, 4.69) is 5.48 Å². The average molecular weight is 313 g/mol. The zero-order chi connectivity index (χ0) is 16.8. The molecule has 0 aliphatic carbocycles. The van der Waals surface area contributed by atoms with E-state index < -0.39 is 5.97 Å². The second-order valence-electron chi connectivity index (χ2n) is 5.27. The van der Waals surface area contributed by atoms with Gasteiger partial charge in [-0.3, -0.25) is 4.79 Å². The van der Waals surface area contributed by atoms with Crippen LogP contribution in [0.1, 0.15) is 15.9 Å². The maximum atomic E-state index is 11.8. The van der Waals surface area contributed by atoms with Crippen LogP contribution in [-0.2, 0) is 16.1 Å². The number of hydrogen-bond donors (Lipinski definition) is 2. The first-order valence-electron chi connectivity index (χ1n) is 7.07. The number of rotatable bonds is 5. The minimum atomic E-state index is -0.427. The maximum Gasteiger partial charge on any atom is 0.336 e. The normalized spacial score (nSPS) is 10.0. The van der Waals surface area contributed by atoms with Crippen LogP contribution in [0.2, 0.25) is 0 Å². The summed E-state index contributed by atoms with van der Waals surface area (Å²) in [5, 5.41) is 0. The monoisotopic (exact) mass is 313 g/mol. The Kier molecular flexibility index (Phi) is 5.19. The lowest BCUT2D eigenvalue weighted by Gasteiger charge is -2.11. The van der Waals surface area contributed by atoms with Crippen molar-refractivity contribution < 1.29 is 14.4 Å². The lowest BCUT2D eigenvalue weighted by atomic mass is 10.1. The Bertz CT molecular complexity index is 696. The number of anilines is 2. The molecule has 3 N–H and O–H groups in total. The van der Waals surface area contributed by atoms with Crippen LogP contribution in [0, 0.1) is 0 Å². The number of amides is 1. The van der Waals surface area contributed by atoms with E-state index in [4.69, 9.17) is 10.6 Å². The van der Waals surface area contributed by atoms with E-state index in [1.807, 2.05) is 0 Å². The number of hydrogen-bond acceptors (Lipinski definition) is 5. The molecule has 0 bridgehead atoms. The second-order valence-corrected chi connectivity index (χ2v) is 5.27. The summed E-state index contributed by atoms with van der Waals surface area (Å²) in [4.78, 5) is 30.0. The molecule has 0 aromatic heterocycles. The molecular formula is C17H19N3O3. The molecule has 0 saturated heterocycles. The van der Waals surface area contributed by atoms with Gasteiger partial charge in [-0.05, 0) is 42.0 Å². The van der Waals surface area contributed by atoms with Crippen molar-refractivity contribution in [2.24, 2.45) is 0 Å². The van der Waals surface area contributed by atoms with Crippen LogP contribution in [0.4, 0.5) is 11.4 Å². The van der Waals surface area contributed by atoms with Gasteiger partial charge in [-0.2, -0.15) is 0 Å². The summed E-state index contributed by atoms with van der Waals surface area (Å²) in [6, 6.07) is 13.7. The number of nitrogens with two attached hydrogens (primary N) is 1. The first-order chi connectivity index (χ1) is 11.0. The highest BCUT2D eigenvalue weighted by Crippen LogP contribution is 2.12. The van der Waals surface area contributed by atoms with E-state index in [1.54, 1.807) is 62.6 Å². The van der Waals surface area contributed by atoms with Crippen LogP contribution in [0.3, 0.4) is 0 Å². The largest absolute Gasteiger partial charge is 0.399 e. The van der Waals surface area contributed by atoms with Crippen LogP contribution in [0.25, 0.3) is 0 Å². The number of benzene rings is 2. The van der Waals surface area contributed by atoms with Gasteiger partial charge in [0.1, 0.15) is 0 Å². The predicted molar refractivity (Wildman–Crippen MR) is 88.7 cm³/mol. The Morgan fingerprint density at radius 3 is 2.43 bits per heavy atom. The molecule has 0 unspecified atom stereocenters. The molecule has 0 atom stereocenters. The van der Waals surface area contributed by atoms with Crippen molar-refractivity contribution in [2.45, 2.75) is 6.42 Å². The molecule has 1 amide bonds. The van der Waals surface area contributed by atoms with Gasteiger partial charge in [0.2, 0.25) is 0 Å². The van der Waals surface area contributed by atoms with E-state index in [9.17, 15) is 9.59 Å². The zero-order valence-electron chi connectivity index (χ0n) is 13.1. The quantitative estimate of drug-likeness (QED) is 0.652. The Morgan fingerprint density at radius 1 is 1.13 bits per heavy atom. The van der Waals surface area contributed by atoms with Gasteiger partial charge in [-0.15, -0.1) is 0 Å². The summed E-state index contributed by atoms with van der Waals surface area (Å²) < 4.78 is 0. The first-order valence-corrected chi connectivity index (χ1v) is 7.07. The summed E-state index contributed by atoms with van der Waals surface area (Å²) in [5.41, 5.74) is 10.8. The average Bonchev–Trinajstić information content (AvgIpc) is 2.52. The smallest absolute Gasteiger partial charge is 0.336 e. The molecule has 2 rings (SSSR count). The van der Waals surface area contributed by atoms with Gasteiger partial charge >= 0.3 is 5.97 Å². The molecule has 23 heavy (non-hydrogen) atoms. The number of nitrogens with zero attached hydrogens (tertiary/aromatic N) is 1. The Labute approximate surface area is 134 Å².